The van der Waals surface area contributed by atoms with Crippen molar-refractivity contribution < 1.29 is 14.6 Å². The average molecular weight is 401 g/mol. The van der Waals surface area contributed by atoms with Gasteiger partial charge in [0.25, 0.3) is 0 Å². The lowest BCUT2D eigenvalue weighted by atomic mass is 10.1. The van der Waals surface area contributed by atoms with Gasteiger partial charge in [0.1, 0.15) is 11.6 Å². The van der Waals surface area contributed by atoms with Crippen molar-refractivity contribution in [3.63, 3.8) is 0 Å². The Hall–Kier alpha value is -2.53. The molecule has 0 fully saturated rings. The number of aromatic nitrogens is 2. The molecule has 1 N–H and O–H groups in total. The molecule has 0 radical (unpaired) electrons. The van der Waals surface area contributed by atoms with Gasteiger partial charge in [0.2, 0.25) is 0 Å². The number of hydrogen-bond acceptors (Lipinski definition) is 3. The van der Waals surface area contributed by atoms with Crippen LogP contribution in [0.3, 0.4) is 0 Å². The van der Waals surface area contributed by atoms with Crippen LogP contribution in [-0.4, -0.2) is 27.2 Å². The normalized spacial score (nSPS) is 11.1. The number of carboxylic acids is 1. The molecule has 1 aromatic heterocycles. The van der Waals surface area contributed by atoms with E-state index in [9.17, 15) is 4.79 Å². The third kappa shape index (κ3) is 4.47. The number of carbonyl (C=O) groups is 1. The number of ether oxygens (including phenoxy) is 1. The number of imidazole rings is 1. The number of halogens is 1. The molecule has 3 rings (SSSR count). The van der Waals surface area contributed by atoms with E-state index < -0.39 is 5.97 Å². The highest BCUT2D eigenvalue weighted by Gasteiger charge is 2.13. The molecule has 0 bridgehead atoms. The number of nitrogens with zero attached hydrogens (tertiary/aromatic N) is 2. The predicted octanol–water partition coefficient (Wildman–Crippen LogP) is 5.16. The van der Waals surface area contributed by atoms with Crippen molar-refractivity contribution >= 4 is 28.6 Å². The summed E-state index contributed by atoms with van der Waals surface area (Å²) in [6.45, 7) is 7.11. The molecule has 28 heavy (non-hydrogen) atoms. The first kappa shape index (κ1) is 20.2. The summed E-state index contributed by atoms with van der Waals surface area (Å²) in [5, 5.41) is 9.52. The van der Waals surface area contributed by atoms with Crippen molar-refractivity contribution in [2.45, 2.75) is 46.6 Å². The number of benzene rings is 2. The largest absolute Gasteiger partial charge is 0.493 e. The zero-order valence-electron chi connectivity index (χ0n) is 16.5. The summed E-state index contributed by atoms with van der Waals surface area (Å²) in [4.78, 5) is 15.4. The van der Waals surface area contributed by atoms with Crippen molar-refractivity contribution in [2.24, 2.45) is 0 Å². The van der Waals surface area contributed by atoms with E-state index in [4.69, 9.17) is 26.4 Å². The van der Waals surface area contributed by atoms with Gasteiger partial charge in [0.05, 0.1) is 24.2 Å². The van der Waals surface area contributed by atoms with Crippen LogP contribution in [-0.2, 0) is 17.8 Å². The molecule has 3 aromatic rings. The maximum atomic E-state index is 10.7. The summed E-state index contributed by atoms with van der Waals surface area (Å²) in [7, 11) is 0. The van der Waals surface area contributed by atoms with Gasteiger partial charge in [-0.15, -0.1) is 0 Å². The number of hydrogen-bond donors (Lipinski definition) is 1. The Morgan fingerprint density at radius 1 is 1.25 bits per heavy atom. The molecule has 1 heterocycles. The molecule has 5 nitrogen and oxygen atoms in total. The average Bonchev–Trinajstić information content (AvgIpc) is 2.96. The van der Waals surface area contributed by atoms with Crippen LogP contribution in [0.25, 0.3) is 11.0 Å². The number of aryl methyl sites for hydroxylation is 3. The Morgan fingerprint density at radius 3 is 2.71 bits per heavy atom. The van der Waals surface area contributed by atoms with Crippen molar-refractivity contribution in [1.82, 2.24) is 9.55 Å². The van der Waals surface area contributed by atoms with Crippen LogP contribution in [0.4, 0.5) is 0 Å². The summed E-state index contributed by atoms with van der Waals surface area (Å²) >= 11 is 6.49. The van der Waals surface area contributed by atoms with Gasteiger partial charge < -0.3 is 14.4 Å². The number of fused-ring (bicyclic) bond motifs is 1. The van der Waals surface area contributed by atoms with Crippen molar-refractivity contribution in [3.05, 3.63) is 57.9 Å². The maximum absolute atomic E-state index is 10.7. The van der Waals surface area contributed by atoms with Crippen LogP contribution >= 0.6 is 11.6 Å². The van der Waals surface area contributed by atoms with Gasteiger partial charge in [0.15, 0.2) is 0 Å². The van der Waals surface area contributed by atoms with Crippen LogP contribution in [0.5, 0.6) is 5.75 Å². The van der Waals surface area contributed by atoms with Gasteiger partial charge in [-0.3, -0.25) is 4.79 Å². The van der Waals surface area contributed by atoms with Gasteiger partial charge in [-0.1, -0.05) is 30.7 Å². The molecule has 0 spiro atoms. The first-order valence-electron chi connectivity index (χ1n) is 9.48. The van der Waals surface area contributed by atoms with Crippen molar-refractivity contribution in [1.29, 1.82) is 0 Å². The molecule has 2 aromatic carbocycles. The Bertz CT molecular complexity index is 1010. The molecule has 0 aliphatic rings. The summed E-state index contributed by atoms with van der Waals surface area (Å²) in [6.07, 6.45) is 1.53. The molecular formula is C22H25ClN2O3. The molecule has 6 heteroatoms. The molecule has 0 atom stereocenters. The monoisotopic (exact) mass is 400 g/mol. The van der Waals surface area contributed by atoms with E-state index in [2.05, 4.69) is 23.6 Å². The lowest BCUT2D eigenvalue weighted by Crippen LogP contribution is -2.04. The fraction of sp³-hybridized carbons (Fsp3) is 0.364. The summed E-state index contributed by atoms with van der Waals surface area (Å²) in [6, 6.07) is 10.1. The van der Waals surface area contributed by atoms with E-state index in [1.54, 1.807) is 0 Å². The van der Waals surface area contributed by atoms with E-state index in [-0.39, 0.29) is 6.42 Å². The van der Waals surface area contributed by atoms with Crippen LogP contribution in [0.15, 0.2) is 30.3 Å². The Kier molecular flexibility index (Phi) is 6.25. The van der Waals surface area contributed by atoms with Crippen LogP contribution in [0.2, 0.25) is 5.02 Å². The van der Waals surface area contributed by atoms with Gasteiger partial charge in [0, 0.05) is 17.5 Å². The van der Waals surface area contributed by atoms with Gasteiger partial charge >= 0.3 is 5.97 Å². The van der Waals surface area contributed by atoms with Crippen LogP contribution in [0, 0.1) is 13.8 Å². The highest BCUT2D eigenvalue weighted by Crippen LogP contribution is 2.28. The molecule has 148 valence electrons. The second-order valence-corrected chi connectivity index (χ2v) is 7.39. The van der Waals surface area contributed by atoms with E-state index in [0.717, 1.165) is 45.2 Å². The third-order valence-corrected chi connectivity index (χ3v) is 5.22. The Labute approximate surface area is 169 Å². The van der Waals surface area contributed by atoms with Gasteiger partial charge in [-0.25, -0.2) is 4.98 Å². The van der Waals surface area contributed by atoms with E-state index in [1.807, 2.05) is 32.0 Å². The minimum atomic E-state index is -0.810. The Balaban J connectivity index is 1.89. The number of rotatable bonds is 8. The fourth-order valence-electron chi connectivity index (χ4n) is 3.28. The lowest BCUT2D eigenvalue weighted by Gasteiger charge is -2.12. The standard InChI is InChI=1S/C22H25ClN2O3/c1-4-16-7-8-17(19(23)11-16)13-25-15(3)24-22-14(2)10-18(12-20(22)25)28-9-5-6-21(26)27/h7-8,10-12H,4-6,9,13H2,1-3H3,(H,26,27). The SMILES string of the molecule is CCc1ccc(Cn2c(C)nc3c(C)cc(OCCCC(=O)O)cc32)c(Cl)c1. The maximum Gasteiger partial charge on any atom is 0.303 e. The molecular weight excluding hydrogens is 376 g/mol. The third-order valence-electron chi connectivity index (χ3n) is 4.87. The summed E-state index contributed by atoms with van der Waals surface area (Å²) in [5.41, 5.74) is 5.22. The van der Waals surface area contributed by atoms with Crippen LogP contribution in [0.1, 0.15) is 42.3 Å². The van der Waals surface area contributed by atoms with Crippen molar-refractivity contribution in [2.75, 3.05) is 6.61 Å². The van der Waals surface area contributed by atoms with Crippen molar-refractivity contribution in [3.8, 4) is 5.75 Å². The minimum absolute atomic E-state index is 0.102. The molecule has 0 saturated heterocycles. The molecule has 0 saturated carbocycles. The van der Waals surface area contributed by atoms with E-state index >= 15 is 0 Å². The van der Waals surface area contributed by atoms with Gasteiger partial charge in [-0.2, -0.15) is 0 Å². The molecule has 0 amide bonds. The second kappa shape index (κ2) is 8.65. The molecule has 0 aliphatic carbocycles. The highest BCUT2D eigenvalue weighted by atomic mass is 35.5. The summed E-state index contributed by atoms with van der Waals surface area (Å²) in [5.74, 6) is 0.829. The van der Waals surface area contributed by atoms with E-state index in [1.165, 1.54) is 5.56 Å². The molecule has 0 unspecified atom stereocenters. The zero-order chi connectivity index (χ0) is 20.3. The van der Waals surface area contributed by atoms with E-state index in [0.29, 0.717) is 19.6 Å². The zero-order valence-corrected chi connectivity index (χ0v) is 17.2. The lowest BCUT2D eigenvalue weighted by molar-refractivity contribution is -0.137. The van der Waals surface area contributed by atoms with Gasteiger partial charge in [-0.05, 0) is 55.5 Å². The second-order valence-electron chi connectivity index (χ2n) is 6.98. The minimum Gasteiger partial charge on any atom is -0.493 e. The summed E-state index contributed by atoms with van der Waals surface area (Å²) < 4.78 is 7.92. The highest BCUT2D eigenvalue weighted by molar-refractivity contribution is 6.31. The first-order valence-corrected chi connectivity index (χ1v) is 9.86. The molecule has 0 aliphatic heterocycles. The predicted molar refractivity (Wildman–Crippen MR) is 112 cm³/mol. The Morgan fingerprint density at radius 2 is 2.04 bits per heavy atom. The van der Waals surface area contributed by atoms with Crippen LogP contribution < -0.4 is 4.74 Å². The number of carboxylic acid groups (broad SMARTS) is 1. The smallest absolute Gasteiger partial charge is 0.303 e. The quantitative estimate of drug-likeness (QED) is 0.530. The number of aliphatic carboxylic acids is 1. The first-order chi connectivity index (χ1) is 13.4. The topological polar surface area (TPSA) is 64.4 Å². The fourth-order valence-corrected chi connectivity index (χ4v) is 3.54.